The predicted octanol–water partition coefficient (Wildman–Crippen LogP) is 1.87. The van der Waals surface area contributed by atoms with E-state index in [4.69, 9.17) is 5.73 Å². The normalized spacial score (nSPS) is 18.0. The monoisotopic (exact) mass is 323 g/mol. The fourth-order valence-corrected chi connectivity index (χ4v) is 3.50. The smallest absolute Gasteiger partial charge is 0.222 e. The largest absolute Gasteiger partial charge is 0.383 e. The van der Waals surface area contributed by atoms with Crippen LogP contribution in [0.15, 0.2) is 11.2 Å². The minimum Gasteiger partial charge on any atom is -0.383 e. The third kappa shape index (κ3) is 4.50. The van der Waals surface area contributed by atoms with Gasteiger partial charge in [-0.2, -0.15) is 0 Å². The number of anilines is 2. The fraction of sp³-hybridized carbons (Fsp3) is 0.667. The molecule has 0 bridgehead atoms. The highest BCUT2D eigenvalue weighted by atomic mass is 32.2. The molecule has 2 rings (SSSR count). The van der Waals surface area contributed by atoms with Crippen LogP contribution in [0.4, 0.5) is 11.6 Å². The molecule has 0 spiro atoms. The molecule has 6 nitrogen and oxygen atoms in total. The van der Waals surface area contributed by atoms with Crippen LogP contribution in [-0.4, -0.2) is 53.7 Å². The lowest BCUT2D eigenvalue weighted by atomic mass is 10.1. The van der Waals surface area contributed by atoms with Gasteiger partial charge in [-0.1, -0.05) is 25.1 Å². The summed E-state index contributed by atoms with van der Waals surface area (Å²) in [6, 6.07) is 1.80. The van der Waals surface area contributed by atoms with Crippen molar-refractivity contribution in [2.24, 2.45) is 5.92 Å². The molecule has 22 heavy (non-hydrogen) atoms. The summed E-state index contributed by atoms with van der Waals surface area (Å²) in [6.07, 6.45) is 2.91. The van der Waals surface area contributed by atoms with Crippen LogP contribution in [-0.2, 0) is 4.79 Å². The lowest BCUT2D eigenvalue weighted by Gasteiger charge is -2.22. The number of nitrogens with zero attached hydrogens (tertiary/aromatic N) is 4. The number of rotatable bonds is 7. The standard InChI is InChI=1S/C15H25N5OS/c1-4-5-6-22-15-17-12(16)8-13(18-15)19(2)9-11-7-14(21)20(3)10-11/h8,11H,4-7,9-10H2,1-3H3,(H2,16,17,18)/t11-/m1/s1. The number of nitrogen functional groups attached to an aromatic ring is 1. The van der Waals surface area contributed by atoms with Crippen molar-refractivity contribution in [1.82, 2.24) is 14.9 Å². The summed E-state index contributed by atoms with van der Waals surface area (Å²) in [7, 11) is 3.85. The number of hydrogen-bond donors (Lipinski definition) is 1. The molecular formula is C15H25N5OS. The summed E-state index contributed by atoms with van der Waals surface area (Å²) >= 11 is 1.64. The van der Waals surface area contributed by atoms with E-state index in [9.17, 15) is 4.79 Å². The zero-order chi connectivity index (χ0) is 16.1. The summed E-state index contributed by atoms with van der Waals surface area (Å²) in [5.74, 6) is 2.89. The Balaban J connectivity index is 1.99. The minimum absolute atomic E-state index is 0.219. The van der Waals surface area contributed by atoms with Gasteiger partial charge in [0.1, 0.15) is 11.6 Å². The first-order chi connectivity index (χ1) is 10.5. The van der Waals surface area contributed by atoms with Crippen molar-refractivity contribution >= 4 is 29.3 Å². The second kappa shape index (κ2) is 7.67. The highest BCUT2D eigenvalue weighted by Crippen LogP contribution is 2.23. The summed E-state index contributed by atoms with van der Waals surface area (Å²) in [5, 5.41) is 0.731. The average molecular weight is 323 g/mol. The molecule has 1 saturated heterocycles. The summed E-state index contributed by atoms with van der Waals surface area (Å²) in [4.78, 5) is 24.3. The Bertz CT molecular complexity index is 525. The third-order valence-corrected chi connectivity index (χ3v) is 4.72. The molecule has 1 aliphatic heterocycles. The van der Waals surface area contributed by atoms with Gasteiger partial charge < -0.3 is 15.5 Å². The van der Waals surface area contributed by atoms with Crippen molar-refractivity contribution < 1.29 is 4.79 Å². The lowest BCUT2D eigenvalue weighted by Crippen LogP contribution is -2.28. The number of hydrogen-bond acceptors (Lipinski definition) is 6. The van der Waals surface area contributed by atoms with E-state index in [0.29, 0.717) is 18.2 Å². The first kappa shape index (κ1) is 16.9. The molecule has 1 aromatic rings. The van der Waals surface area contributed by atoms with Gasteiger partial charge in [0, 0.05) is 51.3 Å². The molecule has 1 aliphatic rings. The number of nitrogens with two attached hydrogens (primary N) is 1. The maximum absolute atomic E-state index is 11.6. The van der Waals surface area contributed by atoms with E-state index in [-0.39, 0.29) is 5.91 Å². The summed E-state index contributed by atoms with van der Waals surface area (Å²) in [6.45, 7) is 3.77. The van der Waals surface area contributed by atoms with Crippen LogP contribution >= 0.6 is 11.8 Å². The molecule has 0 radical (unpaired) electrons. The van der Waals surface area contributed by atoms with E-state index in [1.165, 1.54) is 0 Å². The van der Waals surface area contributed by atoms with Gasteiger partial charge in [0.2, 0.25) is 5.91 Å². The van der Waals surface area contributed by atoms with Crippen molar-refractivity contribution in [1.29, 1.82) is 0 Å². The quantitative estimate of drug-likeness (QED) is 0.469. The van der Waals surface area contributed by atoms with E-state index in [1.807, 2.05) is 14.1 Å². The van der Waals surface area contributed by atoms with Gasteiger partial charge in [-0.25, -0.2) is 9.97 Å². The number of aromatic nitrogens is 2. The summed E-state index contributed by atoms with van der Waals surface area (Å²) < 4.78 is 0. The molecule has 0 unspecified atom stereocenters. The maximum Gasteiger partial charge on any atom is 0.222 e. The first-order valence-corrected chi connectivity index (χ1v) is 8.70. The molecule has 1 atom stereocenters. The van der Waals surface area contributed by atoms with E-state index >= 15 is 0 Å². The van der Waals surface area contributed by atoms with Crippen molar-refractivity contribution in [2.45, 2.75) is 31.3 Å². The number of thioether (sulfide) groups is 1. The third-order valence-electron chi connectivity index (χ3n) is 3.79. The van der Waals surface area contributed by atoms with Gasteiger partial charge in [-0.05, 0) is 6.42 Å². The van der Waals surface area contributed by atoms with Gasteiger partial charge in [0.05, 0.1) is 0 Å². The molecule has 122 valence electrons. The molecular weight excluding hydrogens is 298 g/mol. The van der Waals surface area contributed by atoms with E-state index in [2.05, 4.69) is 21.8 Å². The van der Waals surface area contributed by atoms with E-state index < -0.39 is 0 Å². The van der Waals surface area contributed by atoms with Crippen molar-refractivity contribution in [3.05, 3.63) is 6.07 Å². The van der Waals surface area contributed by atoms with Gasteiger partial charge >= 0.3 is 0 Å². The SMILES string of the molecule is CCCCSc1nc(N)cc(N(C)C[C@H]2CC(=O)N(C)C2)n1. The zero-order valence-corrected chi connectivity index (χ0v) is 14.4. The molecule has 2 N–H and O–H groups in total. The second-order valence-corrected chi connectivity index (χ2v) is 6.92. The van der Waals surface area contributed by atoms with Gasteiger partial charge in [-0.3, -0.25) is 4.79 Å². The van der Waals surface area contributed by atoms with Crippen LogP contribution in [0.2, 0.25) is 0 Å². The molecule has 0 aliphatic carbocycles. The van der Waals surface area contributed by atoms with Gasteiger partial charge in [0.15, 0.2) is 5.16 Å². The van der Waals surface area contributed by atoms with Crippen molar-refractivity contribution in [3.8, 4) is 0 Å². The highest BCUT2D eigenvalue weighted by molar-refractivity contribution is 7.99. The Labute approximate surface area is 136 Å². The Hall–Kier alpha value is -1.50. The van der Waals surface area contributed by atoms with E-state index in [0.717, 1.165) is 42.7 Å². The van der Waals surface area contributed by atoms with E-state index in [1.54, 1.807) is 22.7 Å². The Morgan fingerprint density at radius 3 is 2.91 bits per heavy atom. The maximum atomic E-state index is 11.6. The minimum atomic E-state index is 0.219. The lowest BCUT2D eigenvalue weighted by molar-refractivity contribution is -0.126. The van der Waals surface area contributed by atoms with Crippen molar-refractivity contribution in [3.63, 3.8) is 0 Å². The number of carbonyl (C=O) groups is 1. The van der Waals surface area contributed by atoms with Crippen LogP contribution < -0.4 is 10.6 Å². The van der Waals surface area contributed by atoms with Crippen LogP contribution in [0.3, 0.4) is 0 Å². The fourth-order valence-electron chi connectivity index (χ4n) is 2.56. The number of carbonyl (C=O) groups excluding carboxylic acids is 1. The molecule has 1 amide bonds. The molecule has 0 saturated carbocycles. The number of unbranched alkanes of at least 4 members (excludes halogenated alkanes) is 1. The molecule has 7 heteroatoms. The van der Waals surface area contributed by atoms with Gasteiger partial charge in [0.25, 0.3) is 0 Å². The van der Waals surface area contributed by atoms with Crippen LogP contribution in [0.5, 0.6) is 0 Å². The summed E-state index contributed by atoms with van der Waals surface area (Å²) in [5.41, 5.74) is 5.90. The predicted molar refractivity (Wildman–Crippen MR) is 91.1 cm³/mol. The van der Waals surface area contributed by atoms with Crippen molar-refractivity contribution in [2.75, 3.05) is 43.6 Å². The first-order valence-electron chi connectivity index (χ1n) is 7.72. The topological polar surface area (TPSA) is 75.3 Å². The molecule has 1 aromatic heterocycles. The van der Waals surface area contributed by atoms with Crippen LogP contribution in [0.1, 0.15) is 26.2 Å². The number of amides is 1. The second-order valence-electron chi connectivity index (χ2n) is 5.86. The van der Waals surface area contributed by atoms with Gasteiger partial charge in [-0.15, -0.1) is 0 Å². The van der Waals surface area contributed by atoms with Crippen LogP contribution in [0.25, 0.3) is 0 Å². The average Bonchev–Trinajstić information content (AvgIpc) is 2.77. The molecule has 0 aromatic carbocycles. The molecule has 2 heterocycles. The highest BCUT2D eigenvalue weighted by Gasteiger charge is 2.27. The Morgan fingerprint density at radius 2 is 2.27 bits per heavy atom. The van der Waals surface area contributed by atoms with Crippen LogP contribution in [0, 0.1) is 5.92 Å². The Kier molecular flexibility index (Phi) is 5.88. The molecule has 1 fully saturated rings. The number of likely N-dealkylation sites (tertiary alicyclic amines) is 1. The zero-order valence-electron chi connectivity index (χ0n) is 13.6. The Morgan fingerprint density at radius 1 is 1.50 bits per heavy atom.